The van der Waals surface area contributed by atoms with Crippen molar-refractivity contribution in [3.63, 3.8) is 0 Å². The number of hydrogen-bond acceptors (Lipinski definition) is 5. The van der Waals surface area contributed by atoms with Gasteiger partial charge in [-0.05, 0) is 32.0 Å². The number of hydrogen-bond donors (Lipinski definition) is 2. The van der Waals surface area contributed by atoms with Crippen LogP contribution in [-0.4, -0.2) is 46.4 Å². The third kappa shape index (κ3) is 2.87. The first-order chi connectivity index (χ1) is 9.43. The molecule has 2 atom stereocenters. The number of thioether (sulfide) groups is 1. The van der Waals surface area contributed by atoms with Gasteiger partial charge in [-0.15, -0.1) is 11.8 Å². The number of carbonyl (C=O) groups is 2. The van der Waals surface area contributed by atoms with Gasteiger partial charge in [-0.1, -0.05) is 0 Å². The van der Waals surface area contributed by atoms with Gasteiger partial charge < -0.3 is 15.1 Å². The van der Waals surface area contributed by atoms with Crippen LogP contribution in [0.25, 0.3) is 0 Å². The third-order valence-electron chi connectivity index (χ3n) is 3.18. The minimum atomic E-state index is -0.977. The quantitative estimate of drug-likeness (QED) is 0.812. The molecule has 1 aliphatic heterocycles. The van der Waals surface area contributed by atoms with E-state index in [0.29, 0.717) is 11.3 Å². The van der Waals surface area contributed by atoms with E-state index >= 15 is 0 Å². The molecular formula is C14H17NO4S. The lowest BCUT2D eigenvalue weighted by Crippen LogP contribution is -2.44. The van der Waals surface area contributed by atoms with E-state index in [-0.39, 0.29) is 23.5 Å². The van der Waals surface area contributed by atoms with Crippen LogP contribution >= 0.6 is 11.8 Å². The van der Waals surface area contributed by atoms with Crippen molar-refractivity contribution < 1.29 is 19.8 Å². The minimum Gasteiger partial charge on any atom is -0.394 e. The van der Waals surface area contributed by atoms with Gasteiger partial charge in [-0.2, -0.15) is 0 Å². The summed E-state index contributed by atoms with van der Waals surface area (Å²) in [5.74, 6) is -0.134. The van der Waals surface area contributed by atoms with Crippen molar-refractivity contribution in [1.82, 2.24) is 0 Å². The SMILES string of the molecule is CC(=O)c1ccc2c(c1)SC(C)C(=O)N2CC(O)CO. The zero-order chi connectivity index (χ0) is 14.9. The fourth-order valence-electron chi connectivity index (χ4n) is 2.09. The highest BCUT2D eigenvalue weighted by molar-refractivity contribution is 8.01. The van der Waals surface area contributed by atoms with E-state index in [1.807, 2.05) is 0 Å². The van der Waals surface area contributed by atoms with Gasteiger partial charge in [0.2, 0.25) is 5.91 Å². The Morgan fingerprint density at radius 3 is 2.80 bits per heavy atom. The lowest BCUT2D eigenvalue weighted by Gasteiger charge is -2.33. The molecule has 1 aromatic carbocycles. The second kappa shape index (κ2) is 5.95. The zero-order valence-electron chi connectivity index (χ0n) is 11.4. The second-order valence-electron chi connectivity index (χ2n) is 4.78. The number of benzene rings is 1. The second-order valence-corrected chi connectivity index (χ2v) is 6.17. The number of β-amino-alcohol motifs (C(OH)–C–C–N with tert-alkyl or cyclic N) is 1. The van der Waals surface area contributed by atoms with E-state index in [0.717, 1.165) is 4.90 Å². The number of nitrogens with zero attached hydrogens (tertiary/aromatic N) is 1. The van der Waals surface area contributed by atoms with Crippen LogP contribution in [0.15, 0.2) is 23.1 Å². The van der Waals surface area contributed by atoms with Crippen molar-refractivity contribution in [2.45, 2.75) is 30.1 Å². The summed E-state index contributed by atoms with van der Waals surface area (Å²) in [7, 11) is 0. The van der Waals surface area contributed by atoms with Crippen LogP contribution in [0.5, 0.6) is 0 Å². The Labute approximate surface area is 121 Å². The van der Waals surface area contributed by atoms with Crippen molar-refractivity contribution in [2.75, 3.05) is 18.1 Å². The minimum absolute atomic E-state index is 0.0279. The molecule has 0 aromatic heterocycles. The predicted octanol–water partition coefficient (Wildman–Crippen LogP) is 1.07. The first kappa shape index (κ1) is 15.0. The highest BCUT2D eigenvalue weighted by Gasteiger charge is 2.32. The molecule has 0 saturated heterocycles. The van der Waals surface area contributed by atoms with Crippen molar-refractivity contribution in [1.29, 1.82) is 0 Å². The smallest absolute Gasteiger partial charge is 0.240 e. The van der Waals surface area contributed by atoms with E-state index < -0.39 is 12.7 Å². The Balaban J connectivity index is 2.40. The van der Waals surface area contributed by atoms with Crippen LogP contribution in [-0.2, 0) is 4.79 Å². The lowest BCUT2D eigenvalue weighted by atomic mass is 10.1. The maximum absolute atomic E-state index is 12.2. The lowest BCUT2D eigenvalue weighted by molar-refractivity contribution is -0.118. The molecule has 1 amide bonds. The topological polar surface area (TPSA) is 77.8 Å². The number of anilines is 1. The van der Waals surface area contributed by atoms with E-state index in [9.17, 15) is 14.7 Å². The fraction of sp³-hybridized carbons (Fsp3) is 0.429. The molecule has 1 heterocycles. The first-order valence-electron chi connectivity index (χ1n) is 6.36. The molecule has 1 aliphatic rings. The average molecular weight is 295 g/mol. The van der Waals surface area contributed by atoms with Gasteiger partial charge in [0.15, 0.2) is 5.78 Å². The number of carbonyl (C=O) groups excluding carboxylic acids is 2. The summed E-state index contributed by atoms with van der Waals surface area (Å²) < 4.78 is 0. The molecule has 6 heteroatoms. The molecule has 5 nitrogen and oxygen atoms in total. The van der Waals surface area contributed by atoms with Crippen LogP contribution in [0.4, 0.5) is 5.69 Å². The van der Waals surface area contributed by atoms with Crippen LogP contribution in [0.1, 0.15) is 24.2 Å². The highest BCUT2D eigenvalue weighted by atomic mass is 32.2. The van der Waals surface area contributed by atoms with Gasteiger partial charge in [0.1, 0.15) is 0 Å². The Kier molecular flexibility index (Phi) is 4.47. The number of amides is 1. The first-order valence-corrected chi connectivity index (χ1v) is 7.24. The molecule has 2 rings (SSSR count). The normalized spacial score (nSPS) is 19.7. The van der Waals surface area contributed by atoms with Crippen molar-refractivity contribution >= 4 is 29.1 Å². The van der Waals surface area contributed by atoms with Crippen LogP contribution < -0.4 is 4.90 Å². The Morgan fingerprint density at radius 2 is 2.20 bits per heavy atom. The summed E-state index contributed by atoms with van der Waals surface area (Å²) in [6.07, 6.45) is -0.977. The summed E-state index contributed by atoms with van der Waals surface area (Å²) in [6.45, 7) is 2.94. The molecule has 0 radical (unpaired) electrons. The number of Topliss-reactive ketones (excluding diaryl/α,β-unsaturated/α-hetero) is 1. The molecule has 1 aromatic rings. The van der Waals surface area contributed by atoms with E-state index in [1.165, 1.54) is 23.6 Å². The molecule has 0 bridgehead atoms. The molecule has 0 aliphatic carbocycles. The van der Waals surface area contributed by atoms with Gasteiger partial charge in [-0.25, -0.2) is 0 Å². The van der Waals surface area contributed by atoms with Gasteiger partial charge in [0.25, 0.3) is 0 Å². The number of fused-ring (bicyclic) bond motifs is 1. The maximum atomic E-state index is 12.2. The number of aliphatic hydroxyl groups is 2. The van der Waals surface area contributed by atoms with Gasteiger partial charge in [-0.3, -0.25) is 9.59 Å². The predicted molar refractivity (Wildman–Crippen MR) is 77.2 cm³/mol. The van der Waals surface area contributed by atoms with E-state index in [2.05, 4.69) is 0 Å². The summed E-state index contributed by atoms with van der Waals surface area (Å²) in [5.41, 5.74) is 1.27. The van der Waals surface area contributed by atoms with Gasteiger partial charge in [0.05, 0.1) is 30.2 Å². The number of rotatable bonds is 4. The Bertz CT molecular complexity index is 546. The highest BCUT2D eigenvalue weighted by Crippen LogP contribution is 2.39. The van der Waals surface area contributed by atoms with Crippen molar-refractivity contribution in [3.05, 3.63) is 23.8 Å². The molecule has 0 spiro atoms. The summed E-state index contributed by atoms with van der Waals surface area (Å²) in [6, 6.07) is 5.15. The van der Waals surface area contributed by atoms with Crippen molar-refractivity contribution in [2.24, 2.45) is 0 Å². The molecule has 2 N–H and O–H groups in total. The average Bonchev–Trinajstić information content (AvgIpc) is 2.42. The molecule has 2 unspecified atom stereocenters. The Morgan fingerprint density at radius 1 is 1.50 bits per heavy atom. The molecule has 108 valence electrons. The van der Waals surface area contributed by atoms with E-state index in [1.54, 1.807) is 25.1 Å². The maximum Gasteiger partial charge on any atom is 0.240 e. The standard InChI is InChI=1S/C14H17NO4S/c1-8(17)10-3-4-12-13(5-10)20-9(2)14(19)15(12)6-11(18)7-16/h3-5,9,11,16,18H,6-7H2,1-2H3. The van der Waals surface area contributed by atoms with Gasteiger partial charge >= 0.3 is 0 Å². The van der Waals surface area contributed by atoms with E-state index in [4.69, 9.17) is 5.11 Å². The monoisotopic (exact) mass is 295 g/mol. The fourth-order valence-corrected chi connectivity index (χ4v) is 3.19. The van der Waals surface area contributed by atoms with Crippen LogP contribution in [0.3, 0.4) is 0 Å². The molecule has 0 saturated carbocycles. The molecule has 20 heavy (non-hydrogen) atoms. The van der Waals surface area contributed by atoms with Gasteiger partial charge in [0, 0.05) is 10.5 Å². The van der Waals surface area contributed by atoms with Crippen molar-refractivity contribution in [3.8, 4) is 0 Å². The third-order valence-corrected chi connectivity index (χ3v) is 4.31. The summed E-state index contributed by atoms with van der Waals surface area (Å²) in [4.78, 5) is 25.9. The zero-order valence-corrected chi connectivity index (χ0v) is 12.2. The van der Waals surface area contributed by atoms with Crippen LogP contribution in [0.2, 0.25) is 0 Å². The summed E-state index contributed by atoms with van der Waals surface area (Å²) >= 11 is 1.40. The summed E-state index contributed by atoms with van der Waals surface area (Å²) in [5, 5.41) is 18.2. The number of aliphatic hydroxyl groups excluding tert-OH is 2. The van der Waals surface area contributed by atoms with Crippen LogP contribution in [0, 0.1) is 0 Å². The molecular weight excluding hydrogens is 278 g/mol. The largest absolute Gasteiger partial charge is 0.394 e. The molecule has 0 fully saturated rings. The Hall–Kier alpha value is -1.37. The number of ketones is 1.